The molecule has 4 rings (SSSR count). The predicted octanol–water partition coefficient (Wildman–Crippen LogP) is 3.95. The van der Waals surface area contributed by atoms with Crippen molar-refractivity contribution in [1.82, 2.24) is 15.3 Å². The summed E-state index contributed by atoms with van der Waals surface area (Å²) in [4.78, 5) is 35.7. The molecule has 0 saturated carbocycles. The van der Waals surface area contributed by atoms with Gasteiger partial charge in [-0.05, 0) is 43.2 Å². The molecule has 8 heteroatoms. The Labute approximate surface area is 199 Å². The van der Waals surface area contributed by atoms with Gasteiger partial charge in [0.15, 0.2) is 0 Å². The summed E-state index contributed by atoms with van der Waals surface area (Å²) in [5.74, 6) is 0.307. The molecule has 1 aliphatic heterocycles. The van der Waals surface area contributed by atoms with E-state index < -0.39 is 0 Å². The molecule has 2 aromatic carbocycles. The second kappa shape index (κ2) is 10.9. The molecule has 0 aliphatic carbocycles. The summed E-state index contributed by atoms with van der Waals surface area (Å²) in [7, 11) is 1.78. The molecule has 0 bridgehead atoms. The van der Waals surface area contributed by atoms with Crippen LogP contribution in [0.1, 0.15) is 35.7 Å². The van der Waals surface area contributed by atoms with Gasteiger partial charge in [0.05, 0.1) is 17.8 Å². The highest BCUT2D eigenvalue weighted by molar-refractivity contribution is 6.01. The fraction of sp³-hybridized carbons (Fsp3) is 0.308. The molecular formula is C26H29N5O3. The molecule has 0 unspecified atom stereocenters. The molecule has 3 aromatic rings. The molecule has 0 radical (unpaired) electrons. The van der Waals surface area contributed by atoms with Crippen molar-refractivity contribution in [3.8, 4) is 11.3 Å². The lowest BCUT2D eigenvalue weighted by Gasteiger charge is -2.16. The Morgan fingerprint density at radius 2 is 1.91 bits per heavy atom. The van der Waals surface area contributed by atoms with E-state index in [9.17, 15) is 9.59 Å². The van der Waals surface area contributed by atoms with Crippen molar-refractivity contribution in [2.45, 2.75) is 26.2 Å². The summed E-state index contributed by atoms with van der Waals surface area (Å²) in [6, 6.07) is 14.9. The zero-order chi connectivity index (χ0) is 23.9. The normalized spacial score (nSPS) is 12.5. The average molecular weight is 460 g/mol. The van der Waals surface area contributed by atoms with Crippen molar-refractivity contribution < 1.29 is 14.3 Å². The lowest BCUT2D eigenvalue weighted by molar-refractivity contribution is -0.117. The van der Waals surface area contributed by atoms with E-state index in [1.54, 1.807) is 30.3 Å². The molecule has 34 heavy (non-hydrogen) atoms. The van der Waals surface area contributed by atoms with Gasteiger partial charge >= 0.3 is 0 Å². The smallest absolute Gasteiger partial charge is 0.251 e. The Kier molecular flexibility index (Phi) is 7.49. The van der Waals surface area contributed by atoms with E-state index in [0.29, 0.717) is 24.7 Å². The van der Waals surface area contributed by atoms with Gasteiger partial charge in [0.1, 0.15) is 0 Å². The van der Waals surface area contributed by atoms with Gasteiger partial charge in [-0.2, -0.15) is 0 Å². The van der Waals surface area contributed by atoms with E-state index in [-0.39, 0.29) is 18.2 Å². The monoisotopic (exact) mass is 459 g/mol. The molecule has 1 aliphatic rings. The number of carbonyl (C=O) groups is 2. The number of nitrogens with zero attached hydrogens (tertiary/aromatic N) is 3. The third-order valence-corrected chi connectivity index (χ3v) is 5.60. The van der Waals surface area contributed by atoms with Crippen LogP contribution in [0.25, 0.3) is 11.3 Å². The van der Waals surface area contributed by atoms with E-state index in [2.05, 4.69) is 22.5 Å². The number of para-hydroxylation sites is 1. The van der Waals surface area contributed by atoms with Crippen molar-refractivity contribution in [3.63, 3.8) is 0 Å². The van der Waals surface area contributed by atoms with Crippen molar-refractivity contribution in [1.29, 1.82) is 0 Å². The minimum atomic E-state index is -0.117. The van der Waals surface area contributed by atoms with Gasteiger partial charge in [-0.1, -0.05) is 25.1 Å². The van der Waals surface area contributed by atoms with Crippen LogP contribution in [0.15, 0.2) is 54.7 Å². The molecule has 0 saturated heterocycles. The first kappa shape index (κ1) is 23.4. The zero-order valence-corrected chi connectivity index (χ0v) is 19.5. The summed E-state index contributed by atoms with van der Waals surface area (Å²) >= 11 is 0. The van der Waals surface area contributed by atoms with Gasteiger partial charge in [0.2, 0.25) is 11.9 Å². The van der Waals surface area contributed by atoms with Crippen LogP contribution >= 0.6 is 0 Å². The van der Waals surface area contributed by atoms with Crippen LogP contribution < -0.4 is 15.5 Å². The predicted molar refractivity (Wildman–Crippen MR) is 132 cm³/mol. The number of aromatic nitrogens is 2. The standard InChI is InChI=1S/C26H29N5O3/c1-3-14-34-15-6-13-27-25(33)18-9-11-20(12-10-18)29-26-28-17-19-16-23(32)31(2)22-8-5-4-7-21(22)24(19)30-26/h4-5,7-12,17H,3,6,13-16H2,1-2H3,(H,27,33)(H,28,29,30). The van der Waals surface area contributed by atoms with Crippen LogP contribution in [-0.2, 0) is 16.0 Å². The van der Waals surface area contributed by atoms with Crippen LogP contribution in [0.2, 0.25) is 0 Å². The van der Waals surface area contributed by atoms with Crippen LogP contribution in [-0.4, -0.2) is 48.6 Å². The van der Waals surface area contributed by atoms with E-state index in [4.69, 9.17) is 9.72 Å². The summed E-state index contributed by atoms with van der Waals surface area (Å²) < 4.78 is 5.42. The minimum Gasteiger partial charge on any atom is -0.381 e. The maximum absolute atomic E-state index is 12.5. The van der Waals surface area contributed by atoms with Gasteiger partial charge < -0.3 is 20.3 Å². The lowest BCUT2D eigenvalue weighted by Crippen LogP contribution is -2.26. The SMILES string of the molecule is CCCOCCCNC(=O)c1ccc(Nc2ncc3c(n2)-c2ccccc2N(C)C(=O)C3)cc1. The van der Waals surface area contributed by atoms with Crippen LogP contribution in [0.4, 0.5) is 17.3 Å². The number of benzene rings is 2. The number of fused-ring (bicyclic) bond motifs is 3. The second-order valence-electron chi connectivity index (χ2n) is 8.14. The van der Waals surface area contributed by atoms with Gasteiger partial charge in [-0.15, -0.1) is 0 Å². The second-order valence-corrected chi connectivity index (χ2v) is 8.14. The van der Waals surface area contributed by atoms with Crippen molar-refractivity contribution >= 4 is 29.1 Å². The quantitative estimate of drug-likeness (QED) is 0.471. The highest BCUT2D eigenvalue weighted by atomic mass is 16.5. The Morgan fingerprint density at radius 3 is 2.71 bits per heavy atom. The Hall–Kier alpha value is -3.78. The Morgan fingerprint density at radius 1 is 1.12 bits per heavy atom. The largest absolute Gasteiger partial charge is 0.381 e. The third kappa shape index (κ3) is 5.40. The van der Waals surface area contributed by atoms with Gasteiger partial charge in [-0.3, -0.25) is 9.59 Å². The molecule has 0 atom stereocenters. The van der Waals surface area contributed by atoms with Gasteiger partial charge in [0, 0.05) is 55.4 Å². The summed E-state index contributed by atoms with van der Waals surface area (Å²) in [5.41, 5.74) is 4.59. The zero-order valence-electron chi connectivity index (χ0n) is 19.5. The molecule has 0 spiro atoms. The third-order valence-electron chi connectivity index (χ3n) is 5.60. The van der Waals surface area contributed by atoms with Crippen LogP contribution in [0, 0.1) is 0 Å². The number of hydrogen-bond donors (Lipinski definition) is 2. The number of nitrogens with one attached hydrogen (secondary N) is 2. The van der Waals surface area contributed by atoms with E-state index in [1.807, 2.05) is 36.4 Å². The van der Waals surface area contributed by atoms with Crippen molar-refractivity contribution in [2.24, 2.45) is 0 Å². The lowest BCUT2D eigenvalue weighted by atomic mass is 10.1. The fourth-order valence-corrected chi connectivity index (χ4v) is 3.77. The number of anilines is 3. The number of carbonyl (C=O) groups excluding carboxylic acids is 2. The summed E-state index contributed by atoms with van der Waals surface area (Å²) in [6.45, 7) is 4.04. The van der Waals surface area contributed by atoms with E-state index in [0.717, 1.165) is 47.6 Å². The van der Waals surface area contributed by atoms with Gasteiger partial charge in [0.25, 0.3) is 5.91 Å². The maximum Gasteiger partial charge on any atom is 0.251 e. The highest BCUT2D eigenvalue weighted by Gasteiger charge is 2.24. The fourth-order valence-electron chi connectivity index (χ4n) is 3.77. The maximum atomic E-state index is 12.5. The number of likely N-dealkylation sites (N-methyl/N-ethyl adjacent to an activating group) is 1. The molecule has 0 fully saturated rings. The van der Waals surface area contributed by atoms with Crippen molar-refractivity contribution in [3.05, 3.63) is 65.9 Å². The number of hydrogen-bond acceptors (Lipinski definition) is 6. The number of rotatable bonds is 9. The van der Waals surface area contributed by atoms with Gasteiger partial charge in [-0.25, -0.2) is 9.97 Å². The molecule has 2 heterocycles. The molecule has 2 amide bonds. The van der Waals surface area contributed by atoms with Crippen LogP contribution in [0.3, 0.4) is 0 Å². The first-order valence-electron chi connectivity index (χ1n) is 11.5. The molecule has 1 aromatic heterocycles. The molecule has 176 valence electrons. The minimum absolute atomic E-state index is 0.00198. The summed E-state index contributed by atoms with van der Waals surface area (Å²) in [6.07, 6.45) is 3.72. The first-order chi connectivity index (χ1) is 16.6. The van der Waals surface area contributed by atoms with Crippen molar-refractivity contribution in [2.75, 3.05) is 37.0 Å². The average Bonchev–Trinajstić information content (AvgIpc) is 2.96. The molecular weight excluding hydrogens is 430 g/mol. The number of ether oxygens (including phenoxy) is 1. The Balaban J connectivity index is 1.43. The topological polar surface area (TPSA) is 96.4 Å². The molecule has 8 nitrogen and oxygen atoms in total. The highest BCUT2D eigenvalue weighted by Crippen LogP contribution is 2.35. The Bertz CT molecular complexity index is 1160. The van der Waals surface area contributed by atoms with E-state index >= 15 is 0 Å². The molecule has 2 N–H and O–H groups in total. The first-order valence-corrected chi connectivity index (χ1v) is 11.5. The van der Waals surface area contributed by atoms with Crippen LogP contribution in [0.5, 0.6) is 0 Å². The number of amides is 2. The van der Waals surface area contributed by atoms with E-state index in [1.165, 1.54) is 0 Å². The summed E-state index contributed by atoms with van der Waals surface area (Å²) in [5, 5.41) is 6.10.